The summed E-state index contributed by atoms with van der Waals surface area (Å²) in [5.74, 6) is 9.38. The maximum atomic E-state index is 12.8. The highest BCUT2D eigenvalue weighted by atomic mass is 19.1. The third kappa shape index (κ3) is 6.17. The topological polar surface area (TPSA) is 80.4 Å². The van der Waals surface area contributed by atoms with Gasteiger partial charge in [-0.3, -0.25) is 9.59 Å². The highest BCUT2D eigenvalue weighted by Crippen LogP contribution is 2.15. The fourth-order valence-electron chi connectivity index (χ4n) is 2.51. The van der Waals surface area contributed by atoms with Crippen LogP contribution in [0.5, 0.6) is 0 Å². The van der Waals surface area contributed by atoms with Gasteiger partial charge in [-0.05, 0) is 55.2 Å². The molecule has 142 valence electrons. The van der Waals surface area contributed by atoms with E-state index < -0.39 is 24.3 Å². The zero-order valence-electron chi connectivity index (χ0n) is 15.4. The summed E-state index contributed by atoms with van der Waals surface area (Å²) in [5.41, 5.74) is 7.54. The van der Waals surface area contributed by atoms with E-state index in [1.807, 2.05) is 0 Å². The van der Waals surface area contributed by atoms with Crippen molar-refractivity contribution in [3.8, 4) is 23.7 Å². The van der Waals surface area contributed by atoms with Crippen molar-refractivity contribution < 1.29 is 19.1 Å². The Morgan fingerprint density at radius 2 is 1.50 bits per heavy atom. The Balaban J connectivity index is 2.03. The Kier molecular flexibility index (Phi) is 7.65. The summed E-state index contributed by atoms with van der Waals surface area (Å²) in [4.78, 5) is 24.1. The highest BCUT2D eigenvalue weighted by molar-refractivity contribution is 5.99. The predicted molar refractivity (Wildman–Crippen MR) is 105 cm³/mol. The van der Waals surface area contributed by atoms with Gasteiger partial charge in [0.2, 0.25) is 0 Å². The van der Waals surface area contributed by atoms with Crippen LogP contribution in [0.15, 0.2) is 48.5 Å². The van der Waals surface area contributed by atoms with E-state index >= 15 is 0 Å². The fourth-order valence-corrected chi connectivity index (χ4v) is 2.51. The smallest absolute Gasteiger partial charge is 0.163 e. The lowest BCUT2D eigenvalue weighted by Gasteiger charge is -2.17. The van der Waals surface area contributed by atoms with Crippen LogP contribution in [0, 0.1) is 35.4 Å². The van der Waals surface area contributed by atoms with E-state index in [0.29, 0.717) is 16.7 Å². The van der Waals surface area contributed by atoms with Gasteiger partial charge in [-0.25, -0.2) is 4.39 Å². The van der Waals surface area contributed by atoms with Crippen molar-refractivity contribution >= 4 is 11.6 Å². The molecule has 0 saturated carbocycles. The van der Waals surface area contributed by atoms with E-state index in [1.165, 1.54) is 12.1 Å². The Morgan fingerprint density at radius 1 is 1.00 bits per heavy atom. The summed E-state index contributed by atoms with van der Waals surface area (Å²) in [5, 5.41) is 9.00. The first-order valence-electron chi connectivity index (χ1n) is 8.70. The zero-order chi connectivity index (χ0) is 20.5. The Labute approximate surface area is 163 Å². The van der Waals surface area contributed by atoms with Gasteiger partial charge in [0.05, 0.1) is 0 Å². The van der Waals surface area contributed by atoms with Gasteiger partial charge in [-0.1, -0.05) is 24.0 Å². The third-order valence-corrected chi connectivity index (χ3v) is 4.14. The molecule has 0 bridgehead atoms. The number of carbonyl (C=O) groups is 2. The van der Waals surface area contributed by atoms with E-state index in [2.05, 4.69) is 23.7 Å². The number of aliphatic hydroxyl groups excluding tert-OH is 1. The van der Waals surface area contributed by atoms with E-state index in [9.17, 15) is 14.0 Å². The van der Waals surface area contributed by atoms with Gasteiger partial charge in [0, 0.05) is 35.1 Å². The molecule has 0 spiro atoms. The number of rotatable bonds is 6. The van der Waals surface area contributed by atoms with Crippen LogP contribution in [0.25, 0.3) is 0 Å². The van der Waals surface area contributed by atoms with Gasteiger partial charge in [0.25, 0.3) is 0 Å². The maximum Gasteiger partial charge on any atom is 0.163 e. The molecule has 0 aromatic heterocycles. The SMILES string of the molecule is C[C@@H](N)[C@H](CC(=O)c1ccc(C#CC#Cc2ccc(F)cc2)cc1)C(=O)CO. The lowest BCUT2D eigenvalue weighted by Crippen LogP contribution is -2.36. The lowest BCUT2D eigenvalue weighted by molar-refractivity contribution is -0.126. The third-order valence-electron chi connectivity index (χ3n) is 4.14. The zero-order valence-corrected chi connectivity index (χ0v) is 15.4. The molecular weight excluding hydrogens is 357 g/mol. The molecule has 3 N–H and O–H groups in total. The molecule has 2 aromatic rings. The number of ketones is 2. The predicted octanol–water partition coefficient (Wildman–Crippen LogP) is 2.33. The van der Waals surface area contributed by atoms with Crippen molar-refractivity contribution in [2.45, 2.75) is 19.4 Å². The molecule has 0 fully saturated rings. The number of hydrogen-bond acceptors (Lipinski definition) is 4. The summed E-state index contributed by atoms with van der Waals surface area (Å²) in [6.07, 6.45) is -0.0504. The van der Waals surface area contributed by atoms with Crippen molar-refractivity contribution in [3.05, 3.63) is 71.0 Å². The quantitative estimate of drug-likeness (QED) is 0.598. The molecule has 2 atom stereocenters. The highest BCUT2D eigenvalue weighted by Gasteiger charge is 2.25. The Morgan fingerprint density at radius 3 is 1.96 bits per heavy atom. The average Bonchev–Trinajstić information content (AvgIpc) is 2.70. The minimum absolute atomic E-state index is 0.0504. The molecular formula is C23H20FNO3. The minimum Gasteiger partial charge on any atom is -0.389 e. The van der Waals surface area contributed by atoms with Gasteiger partial charge in [0.1, 0.15) is 12.4 Å². The number of halogens is 1. The molecule has 2 rings (SSSR count). The number of aliphatic hydroxyl groups is 1. The minimum atomic E-state index is -0.710. The molecule has 28 heavy (non-hydrogen) atoms. The molecule has 5 heteroatoms. The molecule has 0 aliphatic rings. The van der Waals surface area contributed by atoms with E-state index in [-0.39, 0.29) is 18.0 Å². The molecule has 0 radical (unpaired) electrons. The number of Topliss-reactive ketones (excluding diaryl/α,β-unsaturated/α-hetero) is 2. The van der Waals surface area contributed by atoms with Gasteiger partial charge in [0.15, 0.2) is 11.6 Å². The van der Waals surface area contributed by atoms with Crippen LogP contribution in [0.2, 0.25) is 0 Å². The molecule has 0 amide bonds. The van der Waals surface area contributed by atoms with Crippen molar-refractivity contribution in [1.29, 1.82) is 0 Å². The number of nitrogens with two attached hydrogens (primary N) is 1. The molecule has 0 aliphatic carbocycles. The summed E-state index contributed by atoms with van der Waals surface area (Å²) >= 11 is 0. The average molecular weight is 377 g/mol. The molecule has 2 aromatic carbocycles. The fraction of sp³-hybridized carbons (Fsp3) is 0.217. The van der Waals surface area contributed by atoms with Gasteiger partial charge < -0.3 is 10.8 Å². The summed E-state index contributed by atoms with van der Waals surface area (Å²) < 4.78 is 12.8. The van der Waals surface area contributed by atoms with Crippen LogP contribution in [0.1, 0.15) is 34.8 Å². The van der Waals surface area contributed by atoms with Gasteiger partial charge in [-0.15, -0.1) is 0 Å². The second-order valence-electron chi connectivity index (χ2n) is 6.30. The van der Waals surface area contributed by atoms with E-state index in [0.717, 1.165) is 0 Å². The molecule has 0 unspecified atom stereocenters. The maximum absolute atomic E-state index is 12.8. The standard InChI is InChI=1S/C23H20FNO3/c1-16(25)21(23(28)15-26)14-22(27)19-10-6-17(7-11-19)4-2-3-5-18-8-12-20(24)13-9-18/h6-13,16,21,26H,14-15,25H2,1H3/t16-,21+/m1/s1. The summed E-state index contributed by atoms with van der Waals surface area (Å²) in [7, 11) is 0. The van der Waals surface area contributed by atoms with Crippen LogP contribution in [0.4, 0.5) is 4.39 Å². The molecule has 4 nitrogen and oxygen atoms in total. The Bertz CT molecular complexity index is 955. The van der Waals surface area contributed by atoms with Gasteiger partial charge >= 0.3 is 0 Å². The molecule has 0 aliphatic heterocycles. The van der Waals surface area contributed by atoms with Crippen LogP contribution < -0.4 is 5.73 Å². The number of carbonyl (C=O) groups excluding carboxylic acids is 2. The normalized spacial score (nSPS) is 12.0. The second kappa shape index (κ2) is 10.2. The summed E-state index contributed by atoms with van der Waals surface area (Å²) in [6, 6.07) is 11.9. The molecule has 0 saturated heterocycles. The first-order valence-corrected chi connectivity index (χ1v) is 8.70. The first-order chi connectivity index (χ1) is 13.4. The van der Waals surface area contributed by atoms with E-state index in [1.54, 1.807) is 43.3 Å². The first kappa shape index (κ1) is 21.1. The van der Waals surface area contributed by atoms with Crippen molar-refractivity contribution in [2.24, 2.45) is 11.7 Å². The van der Waals surface area contributed by atoms with Gasteiger partial charge in [-0.2, -0.15) is 0 Å². The van der Waals surface area contributed by atoms with Crippen molar-refractivity contribution in [2.75, 3.05) is 6.61 Å². The second-order valence-corrected chi connectivity index (χ2v) is 6.30. The Hall–Kier alpha value is -3.25. The molecule has 0 heterocycles. The van der Waals surface area contributed by atoms with E-state index in [4.69, 9.17) is 10.8 Å². The number of benzene rings is 2. The van der Waals surface area contributed by atoms with Crippen LogP contribution in [-0.4, -0.2) is 29.3 Å². The summed E-state index contributed by atoms with van der Waals surface area (Å²) in [6.45, 7) is 1.00. The van der Waals surface area contributed by atoms with Crippen LogP contribution in [-0.2, 0) is 4.79 Å². The van der Waals surface area contributed by atoms with Crippen molar-refractivity contribution in [3.63, 3.8) is 0 Å². The largest absolute Gasteiger partial charge is 0.389 e. The monoisotopic (exact) mass is 377 g/mol. The van der Waals surface area contributed by atoms with Crippen molar-refractivity contribution in [1.82, 2.24) is 0 Å². The van der Waals surface area contributed by atoms with Crippen LogP contribution in [0.3, 0.4) is 0 Å². The van der Waals surface area contributed by atoms with Crippen LogP contribution >= 0.6 is 0 Å². The number of hydrogen-bond donors (Lipinski definition) is 2. The lowest BCUT2D eigenvalue weighted by atomic mass is 9.89.